The number of esters is 1. The van der Waals surface area contributed by atoms with E-state index >= 15 is 0 Å². The zero-order chi connectivity index (χ0) is 19.1. The molecule has 0 aromatic heterocycles. The molecule has 2 aromatic rings. The smallest absolute Gasteiger partial charge is 0.349 e. The first-order chi connectivity index (χ1) is 12.3. The van der Waals surface area contributed by atoms with Crippen LogP contribution in [0.2, 0.25) is 0 Å². The molecule has 0 aliphatic heterocycles. The second-order valence-electron chi connectivity index (χ2n) is 4.31. The number of hydrogen-bond donors (Lipinski definition) is 0. The standard InChI is InChI=1S/C18H15NO2.2C2H6/c1-2-21-18(20)16(13-19)17(14-9-5-3-6-10-14)15-11-7-4-8-12-15;2*1-2/h3-12H,2H2,1H3;2*1-2H3. The van der Waals surface area contributed by atoms with Gasteiger partial charge in [0.2, 0.25) is 0 Å². The number of ether oxygens (including phenoxy) is 1. The molecule has 0 unspecified atom stereocenters. The van der Waals surface area contributed by atoms with E-state index in [2.05, 4.69) is 0 Å². The van der Waals surface area contributed by atoms with Crippen LogP contribution in [-0.4, -0.2) is 12.6 Å². The fraction of sp³-hybridized carbons (Fsp3) is 0.273. The summed E-state index contributed by atoms with van der Waals surface area (Å²) in [4.78, 5) is 12.1. The number of nitriles is 1. The Morgan fingerprint density at radius 2 is 1.28 bits per heavy atom. The van der Waals surface area contributed by atoms with Crippen molar-refractivity contribution in [3.8, 4) is 6.07 Å². The Balaban J connectivity index is 0.00000134. The second kappa shape index (κ2) is 13.6. The Hall–Kier alpha value is -2.86. The van der Waals surface area contributed by atoms with Crippen molar-refractivity contribution in [2.75, 3.05) is 6.61 Å². The lowest BCUT2D eigenvalue weighted by molar-refractivity contribution is -0.137. The number of carbonyl (C=O) groups is 1. The average molecular weight is 337 g/mol. The van der Waals surface area contributed by atoms with E-state index < -0.39 is 5.97 Å². The van der Waals surface area contributed by atoms with E-state index in [1.165, 1.54) is 0 Å². The summed E-state index contributed by atoms with van der Waals surface area (Å²) in [6.45, 7) is 9.96. The molecule has 0 aliphatic carbocycles. The Bertz CT molecular complexity index is 641. The first-order valence-electron chi connectivity index (χ1n) is 8.70. The molecular weight excluding hydrogens is 310 g/mol. The molecule has 3 nitrogen and oxygen atoms in total. The predicted octanol–water partition coefficient (Wildman–Crippen LogP) is 5.63. The molecule has 25 heavy (non-hydrogen) atoms. The normalized spacial score (nSPS) is 8.48. The van der Waals surface area contributed by atoms with Crippen molar-refractivity contribution in [1.82, 2.24) is 0 Å². The lowest BCUT2D eigenvalue weighted by Gasteiger charge is -2.11. The van der Waals surface area contributed by atoms with Crippen molar-refractivity contribution >= 4 is 11.5 Å². The van der Waals surface area contributed by atoms with Crippen molar-refractivity contribution < 1.29 is 9.53 Å². The highest BCUT2D eigenvalue weighted by atomic mass is 16.5. The van der Waals surface area contributed by atoms with E-state index in [1.807, 2.05) is 94.4 Å². The minimum Gasteiger partial charge on any atom is -0.462 e. The number of carbonyl (C=O) groups excluding carboxylic acids is 1. The molecule has 0 bridgehead atoms. The van der Waals surface area contributed by atoms with E-state index in [0.29, 0.717) is 5.57 Å². The zero-order valence-electron chi connectivity index (χ0n) is 15.7. The first-order valence-corrected chi connectivity index (χ1v) is 8.70. The first kappa shape index (κ1) is 22.1. The molecule has 0 fully saturated rings. The maximum absolute atomic E-state index is 12.1. The number of rotatable bonds is 4. The zero-order valence-corrected chi connectivity index (χ0v) is 15.7. The average Bonchev–Trinajstić information content (AvgIpc) is 2.70. The largest absolute Gasteiger partial charge is 0.462 e. The summed E-state index contributed by atoms with van der Waals surface area (Å²) >= 11 is 0. The van der Waals surface area contributed by atoms with Crippen molar-refractivity contribution in [1.29, 1.82) is 5.26 Å². The fourth-order valence-corrected chi connectivity index (χ4v) is 2.07. The van der Waals surface area contributed by atoms with Gasteiger partial charge in [-0.2, -0.15) is 5.26 Å². The predicted molar refractivity (Wildman–Crippen MR) is 104 cm³/mol. The highest BCUT2D eigenvalue weighted by molar-refractivity contribution is 6.05. The van der Waals surface area contributed by atoms with Gasteiger partial charge < -0.3 is 4.74 Å². The third-order valence-electron chi connectivity index (χ3n) is 2.97. The van der Waals surface area contributed by atoms with Crippen molar-refractivity contribution in [2.45, 2.75) is 34.6 Å². The van der Waals surface area contributed by atoms with E-state index in [0.717, 1.165) is 11.1 Å². The van der Waals surface area contributed by atoms with Gasteiger partial charge in [-0.15, -0.1) is 0 Å². The molecular formula is C22H27NO2. The summed E-state index contributed by atoms with van der Waals surface area (Å²) in [5, 5.41) is 9.41. The van der Waals surface area contributed by atoms with Crippen LogP contribution in [0, 0.1) is 11.3 Å². The van der Waals surface area contributed by atoms with Crippen LogP contribution in [-0.2, 0) is 9.53 Å². The molecule has 0 radical (unpaired) electrons. The molecule has 0 spiro atoms. The Labute approximate surface area is 151 Å². The summed E-state index contributed by atoms with van der Waals surface area (Å²) in [5.74, 6) is -0.595. The van der Waals surface area contributed by atoms with Gasteiger partial charge in [0.1, 0.15) is 11.6 Å². The molecule has 0 atom stereocenters. The molecule has 0 saturated carbocycles. The van der Waals surface area contributed by atoms with E-state index in [9.17, 15) is 10.1 Å². The van der Waals surface area contributed by atoms with Gasteiger partial charge in [0, 0.05) is 5.57 Å². The highest BCUT2D eigenvalue weighted by Crippen LogP contribution is 2.27. The third kappa shape index (κ3) is 6.64. The van der Waals surface area contributed by atoms with Gasteiger partial charge in [-0.05, 0) is 18.1 Å². The number of nitrogens with zero attached hydrogens (tertiary/aromatic N) is 1. The van der Waals surface area contributed by atoms with Gasteiger partial charge >= 0.3 is 5.97 Å². The summed E-state index contributed by atoms with van der Waals surface area (Å²) in [6.07, 6.45) is 0. The maximum atomic E-state index is 12.1. The summed E-state index contributed by atoms with van der Waals surface area (Å²) in [5.41, 5.74) is 2.24. The van der Waals surface area contributed by atoms with Gasteiger partial charge in [-0.1, -0.05) is 88.4 Å². The van der Waals surface area contributed by atoms with Crippen molar-refractivity contribution in [3.05, 3.63) is 77.4 Å². The van der Waals surface area contributed by atoms with E-state index in [4.69, 9.17) is 4.74 Å². The quantitative estimate of drug-likeness (QED) is 0.413. The van der Waals surface area contributed by atoms with Gasteiger partial charge in [-0.25, -0.2) is 4.79 Å². The van der Waals surface area contributed by atoms with E-state index in [1.54, 1.807) is 6.92 Å². The molecule has 132 valence electrons. The molecule has 0 N–H and O–H groups in total. The number of benzene rings is 2. The van der Waals surface area contributed by atoms with Crippen molar-refractivity contribution in [2.24, 2.45) is 0 Å². The number of hydrogen-bond acceptors (Lipinski definition) is 3. The van der Waals surface area contributed by atoms with Gasteiger partial charge in [0.05, 0.1) is 6.61 Å². The molecule has 0 amide bonds. The molecule has 0 saturated heterocycles. The summed E-state index contributed by atoms with van der Waals surface area (Å²) in [7, 11) is 0. The Kier molecular flexibility index (Phi) is 12.0. The molecule has 3 heteroatoms. The third-order valence-corrected chi connectivity index (χ3v) is 2.97. The summed E-state index contributed by atoms with van der Waals surface area (Å²) < 4.78 is 5.00. The van der Waals surface area contributed by atoms with Crippen LogP contribution in [0.15, 0.2) is 66.2 Å². The highest BCUT2D eigenvalue weighted by Gasteiger charge is 2.19. The summed E-state index contributed by atoms with van der Waals surface area (Å²) in [6, 6.07) is 20.8. The van der Waals surface area contributed by atoms with Crippen LogP contribution in [0.5, 0.6) is 0 Å². The lowest BCUT2D eigenvalue weighted by atomic mass is 9.93. The minimum atomic E-state index is -0.595. The minimum absolute atomic E-state index is 0.0225. The van der Waals surface area contributed by atoms with Crippen LogP contribution in [0.3, 0.4) is 0 Å². The van der Waals surface area contributed by atoms with Gasteiger partial charge in [0.25, 0.3) is 0 Å². The van der Waals surface area contributed by atoms with Crippen LogP contribution in [0.1, 0.15) is 45.7 Å². The van der Waals surface area contributed by atoms with Crippen molar-refractivity contribution in [3.63, 3.8) is 0 Å². The van der Waals surface area contributed by atoms with Crippen LogP contribution in [0.25, 0.3) is 5.57 Å². The van der Waals surface area contributed by atoms with Crippen LogP contribution in [0.4, 0.5) is 0 Å². The second-order valence-corrected chi connectivity index (χ2v) is 4.31. The van der Waals surface area contributed by atoms with Gasteiger partial charge in [0.15, 0.2) is 0 Å². The lowest BCUT2D eigenvalue weighted by Crippen LogP contribution is -2.09. The molecule has 2 rings (SSSR count). The fourth-order valence-electron chi connectivity index (χ4n) is 2.07. The SMILES string of the molecule is CC.CC.CCOC(=O)C(C#N)=C(c1ccccc1)c1ccccc1. The molecule has 0 aliphatic rings. The molecule has 2 aromatic carbocycles. The van der Waals surface area contributed by atoms with Gasteiger partial charge in [-0.3, -0.25) is 0 Å². The Morgan fingerprint density at radius 1 is 0.880 bits per heavy atom. The molecule has 0 heterocycles. The maximum Gasteiger partial charge on any atom is 0.349 e. The Morgan fingerprint density at radius 3 is 1.60 bits per heavy atom. The van der Waals surface area contributed by atoms with Crippen LogP contribution < -0.4 is 0 Å². The van der Waals surface area contributed by atoms with Crippen LogP contribution >= 0.6 is 0 Å². The van der Waals surface area contributed by atoms with E-state index in [-0.39, 0.29) is 12.2 Å². The topological polar surface area (TPSA) is 50.1 Å². The monoisotopic (exact) mass is 337 g/mol.